The van der Waals surface area contributed by atoms with Crippen LogP contribution in [0.5, 0.6) is 0 Å². The molecule has 4 N–H and O–H groups in total. The molecule has 4 saturated carbocycles. The van der Waals surface area contributed by atoms with Crippen molar-refractivity contribution in [1.82, 2.24) is 134 Å². The topological polar surface area (TPSA) is 423 Å². The lowest BCUT2D eigenvalue weighted by molar-refractivity contribution is 0.0689. The molecule has 121 heavy (non-hydrogen) atoms. The molecule has 622 valence electrons. The van der Waals surface area contributed by atoms with Crippen molar-refractivity contribution in [2.24, 2.45) is 0 Å². The number of hydrogen-bond acceptors (Lipinski definition) is 29. The monoisotopic (exact) mass is 1690 g/mol. The number of piperidine rings is 2. The van der Waals surface area contributed by atoms with Crippen LogP contribution in [-0.4, -0.2) is 189 Å². The highest BCUT2D eigenvalue weighted by molar-refractivity contribution is 7.14. The quantitative estimate of drug-likeness (QED) is 0.0462. The third kappa shape index (κ3) is 18.5. The van der Waals surface area contributed by atoms with Gasteiger partial charge in [0.25, 0.3) is 17.7 Å². The summed E-state index contributed by atoms with van der Waals surface area (Å²) in [7, 11) is 0. The third-order valence-corrected chi connectivity index (χ3v) is 23.5. The molecule has 14 aromatic rings. The lowest BCUT2D eigenvalue weighted by Gasteiger charge is -2.30. The van der Waals surface area contributed by atoms with E-state index in [2.05, 4.69) is 140 Å². The number of thiazole rings is 3. The van der Waals surface area contributed by atoms with Crippen LogP contribution in [0.2, 0.25) is 0 Å². The second-order valence-corrected chi connectivity index (χ2v) is 33.7. The number of nitrogens with one attached hydrogen (secondary N) is 3. The number of nitrogens with zero attached hydrogens (tertiary/aromatic N) is 29. The summed E-state index contributed by atoms with van der Waals surface area (Å²) in [5, 5.41) is 59.8. The van der Waals surface area contributed by atoms with Crippen molar-refractivity contribution >= 4 is 86.5 Å². The second-order valence-electron chi connectivity index (χ2n) is 31.1. The van der Waals surface area contributed by atoms with E-state index in [4.69, 9.17) is 5.11 Å². The van der Waals surface area contributed by atoms with Gasteiger partial charge >= 0.3 is 5.97 Å². The predicted molar refractivity (Wildman–Crippen MR) is 444 cm³/mol. The highest BCUT2D eigenvalue weighted by Gasteiger charge is 2.32. The molecule has 37 nitrogen and oxygen atoms in total. The van der Waals surface area contributed by atoms with Crippen LogP contribution in [0.4, 0.5) is 37.6 Å². The molecule has 16 heterocycles. The van der Waals surface area contributed by atoms with E-state index in [1.54, 1.807) is 53.5 Å². The minimum atomic E-state index is -1.18. The second kappa shape index (κ2) is 35.1. The van der Waals surface area contributed by atoms with Gasteiger partial charge in [-0.3, -0.25) is 14.4 Å². The van der Waals surface area contributed by atoms with Crippen LogP contribution >= 0.6 is 34.0 Å². The maximum absolute atomic E-state index is 14.4. The van der Waals surface area contributed by atoms with Crippen molar-refractivity contribution in [3.63, 3.8) is 0 Å². The first-order chi connectivity index (χ1) is 58.8. The maximum atomic E-state index is 14.4. The minimum Gasteiger partial charge on any atom is -0.477 e. The fourth-order valence-electron chi connectivity index (χ4n) is 13.9. The summed E-state index contributed by atoms with van der Waals surface area (Å²) in [5.41, 5.74) is 8.89. The normalized spacial score (nSPS) is 15.2. The van der Waals surface area contributed by atoms with Crippen LogP contribution in [-0.2, 0) is 0 Å². The molecule has 2 aliphatic heterocycles. The summed E-state index contributed by atoms with van der Waals surface area (Å²) in [5.74, 6) is 1.53. The average Bonchev–Trinajstić information content (AvgIpc) is 1.61. The van der Waals surface area contributed by atoms with Crippen LogP contribution in [0.15, 0.2) is 115 Å². The largest absolute Gasteiger partial charge is 0.477 e. The molecule has 0 aromatic carbocycles. The van der Waals surface area contributed by atoms with E-state index in [0.29, 0.717) is 85.0 Å². The zero-order chi connectivity index (χ0) is 83.5. The Kier molecular flexibility index (Phi) is 23.3. The zero-order valence-electron chi connectivity index (χ0n) is 66.8. The molecule has 6 aliphatic rings. The van der Waals surface area contributed by atoms with Gasteiger partial charge in [-0.15, -0.1) is 49.3 Å². The number of carboxylic acid groups (broad SMARTS) is 1. The molecule has 0 radical (unpaired) electrons. The van der Waals surface area contributed by atoms with Crippen LogP contribution in [0.25, 0.3) is 55.2 Å². The SMILES string of the molecule is CC(C)n1nnnc1-c1nc(NC(=O)c2cc(-n3cnc(C4CC4)c3)c(F)cn2)cs1.CC(C)n1nnnc1-c1nc(NC(=O)c2cc(-n3cnc(C4CC4)c3)c(N3CCCCC3)cn2)cs1.CC(C)n1nnnc1-c1nc(NC(=O)c2cc(-n3cnc(C4CC4)c3)c(N3CCCCC3)cn2)cs1.O=C(O)c1cc(-n2cnc(C3CC3)c2)c(F)cn1. The Morgan fingerprint density at radius 3 is 0.983 bits per heavy atom. The first-order valence-corrected chi connectivity index (χ1v) is 42.8. The van der Waals surface area contributed by atoms with Gasteiger partial charge in [-0.05, 0) is 187 Å². The third-order valence-electron chi connectivity index (χ3n) is 21.0. The lowest BCUT2D eigenvalue weighted by Crippen LogP contribution is -2.30. The predicted octanol–water partition coefficient (Wildman–Crippen LogP) is 13.4. The van der Waals surface area contributed by atoms with E-state index in [1.165, 1.54) is 95.6 Å². The van der Waals surface area contributed by atoms with Crippen LogP contribution < -0.4 is 25.8 Å². The standard InChI is InChI=1S/2C24H28N10OS.C19H18FN9OS.C12H10FN3O2/c2*1-15(2)34-22(29-30-31-34)24-28-21(13-36-24)27-23(35)17-10-19(33-12-18(26-14-33)16-6-7-16)20(11-25-17)32-8-4-3-5-9-32;1-10(2)29-17(25-26-27-29)19-24-16(8-31-19)23-18(30)13-5-15(12(20)6-21-13)28-7-14(22-9-28)11-3-4-11;13-8-4-14-9(12(17)18)3-11(8)16-5-10(15-6-16)7-1-2-7/h2*10-16H,3-9H2,1-2H3,(H,27,35);5-11H,3-4H2,1-2H3,(H,23,30);3-7H,1-2H2,(H,17,18). The number of aromatic nitrogens is 27. The van der Waals surface area contributed by atoms with Gasteiger partial charge in [0, 0.05) is 90.8 Å². The summed E-state index contributed by atoms with van der Waals surface area (Å²) in [4.78, 5) is 102. The minimum absolute atomic E-state index is 0.0670. The van der Waals surface area contributed by atoms with E-state index >= 15 is 0 Å². The van der Waals surface area contributed by atoms with Crippen LogP contribution in [0, 0.1) is 11.6 Å². The van der Waals surface area contributed by atoms with Crippen molar-refractivity contribution in [2.75, 3.05) is 51.9 Å². The molecule has 14 aromatic heterocycles. The van der Waals surface area contributed by atoms with E-state index < -0.39 is 23.5 Å². The number of amides is 3. The van der Waals surface area contributed by atoms with E-state index in [0.717, 1.165) is 135 Å². The molecule has 3 amide bonds. The number of hydrogen-bond donors (Lipinski definition) is 4. The van der Waals surface area contributed by atoms with Crippen molar-refractivity contribution in [3.8, 4) is 55.2 Å². The molecule has 0 atom stereocenters. The Labute approximate surface area is 702 Å². The first kappa shape index (κ1) is 80.3. The zero-order valence-corrected chi connectivity index (χ0v) is 69.2. The van der Waals surface area contributed by atoms with Gasteiger partial charge in [0.1, 0.15) is 40.2 Å². The van der Waals surface area contributed by atoms with Gasteiger partial charge in [-0.2, -0.15) is 0 Å². The summed E-state index contributed by atoms with van der Waals surface area (Å²) < 4.78 is 40.2. The average molecular weight is 1700 g/mol. The lowest BCUT2D eigenvalue weighted by atomic mass is 10.1. The van der Waals surface area contributed by atoms with Gasteiger partial charge in [0.2, 0.25) is 17.5 Å². The van der Waals surface area contributed by atoms with Crippen LogP contribution in [0.3, 0.4) is 0 Å². The number of carboxylic acids is 1. The fraction of sp³-hybridized carbons (Fsp3) is 0.392. The van der Waals surface area contributed by atoms with Gasteiger partial charge in [-0.25, -0.2) is 82.4 Å². The molecule has 0 unspecified atom stereocenters. The summed E-state index contributed by atoms with van der Waals surface area (Å²) in [6, 6.07) is 6.57. The Balaban J connectivity index is 0.000000118. The molecule has 0 bridgehead atoms. The molecular formula is C79H84F2N32O5S3. The number of anilines is 5. The first-order valence-electron chi connectivity index (χ1n) is 40.1. The van der Waals surface area contributed by atoms with Crippen molar-refractivity contribution in [2.45, 2.75) is 173 Å². The number of halogens is 2. The molecule has 6 fully saturated rings. The molecule has 4 aliphatic carbocycles. The summed E-state index contributed by atoms with van der Waals surface area (Å²) >= 11 is 4.07. The van der Waals surface area contributed by atoms with E-state index in [1.807, 2.05) is 87.9 Å². The highest BCUT2D eigenvalue weighted by atomic mass is 32.1. The van der Waals surface area contributed by atoms with Gasteiger partial charge in [-0.1, -0.05) is 0 Å². The Hall–Kier alpha value is -13.1. The van der Waals surface area contributed by atoms with Gasteiger partial charge in [0.15, 0.2) is 26.7 Å². The van der Waals surface area contributed by atoms with E-state index in [9.17, 15) is 28.0 Å². The smallest absolute Gasteiger partial charge is 0.354 e. The maximum Gasteiger partial charge on any atom is 0.354 e. The van der Waals surface area contributed by atoms with Gasteiger partial charge < -0.3 is 49.1 Å². The molecule has 20 rings (SSSR count). The van der Waals surface area contributed by atoms with Crippen molar-refractivity contribution in [1.29, 1.82) is 0 Å². The fourth-order valence-corrected chi connectivity index (χ4v) is 16.1. The Bertz CT molecular complexity index is 5850. The van der Waals surface area contributed by atoms with Crippen molar-refractivity contribution in [3.05, 3.63) is 172 Å². The molecule has 2 saturated heterocycles. The molecular weight excluding hydrogens is 1610 g/mol. The number of rotatable bonds is 23. The number of carbonyl (C=O) groups excluding carboxylic acids is 3. The van der Waals surface area contributed by atoms with Gasteiger partial charge in [0.05, 0.1) is 125 Å². The number of carbonyl (C=O) groups is 4. The summed E-state index contributed by atoms with van der Waals surface area (Å²) in [6.07, 6.45) is 36.4. The summed E-state index contributed by atoms with van der Waals surface area (Å²) in [6.45, 7) is 15.9. The van der Waals surface area contributed by atoms with Crippen molar-refractivity contribution < 1.29 is 33.1 Å². The number of imidazole rings is 4. The molecule has 42 heteroatoms. The van der Waals surface area contributed by atoms with Crippen LogP contribution in [0.1, 0.15) is 238 Å². The van der Waals surface area contributed by atoms with E-state index in [-0.39, 0.29) is 52.7 Å². The number of aromatic carboxylic acids is 1. The Morgan fingerprint density at radius 1 is 0.388 bits per heavy atom. The Morgan fingerprint density at radius 2 is 0.678 bits per heavy atom. The molecule has 0 spiro atoms. The highest BCUT2D eigenvalue weighted by Crippen LogP contribution is 2.43. The number of pyridine rings is 4. The number of tetrazole rings is 3.